The fraction of sp³-hybridized carbons (Fsp3) is 0.923. The topological polar surface area (TPSA) is 41.1 Å². The van der Waals surface area contributed by atoms with Gasteiger partial charge >= 0.3 is 0 Å². The third-order valence-corrected chi connectivity index (χ3v) is 4.59. The van der Waals surface area contributed by atoms with Crippen molar-refractivity contribution in [3.8, 4) is 0 Å². The van der Waals surface area contributed by atoms with Crippen LogP contribution in [0.15, 0.2) is 0 Å². The Kier molecular flexibility index (Phi) is 5.16. The van der Waals surface area contributed by atoms with E-state index >= 15 is 0 Å². The first-order chi connectivity index (χ1) is 8.28. The Hall–Kier alpha value is -0.220. The van der Waals surface area contributed by atoms with Crippen LogP contribution in [0.25, 0.3) is 0 Å². The monoisotopic (exact) mass is 256 g/mol. The van der Waals surface area contributed by atoms with Crippen molar-refractivity contribution in [1.82, 2.24) is 10.6 Å². The molecule has 2 unspecified atom stereocenters. The van der Waals surface area contributed by atoms with Gasteiger partial charge < -0.3 is 10.6 Å². The minimum atomic E-state index is 0.261. The van der Waals surface area contributed by atoms with E-state index in [1.807, 2.05) is 11.8 Å². The molecule has 2 fully saturated rings. The van der Waals surface area contributed by atoms with Crippen LogP contribution in [0.2, 0.25) is 0 Å². The van der Waals surface area contributed by atoms with Crippen molar-refractivity contribution < 1.29 is 4.79 Å². The number of rotatable bonds is 6. The Balaban J connectivity index is 1.61. The average Bonchev–Trinajstić information content (AvgIpc) is 2.64. The van der Waals surface area contributed by atoms with Gasteiger partial charge in [-0.1, -0.05) is 0 Å². The van der Waals surface area contributed by atoms with Gasteiger partial charge in [0.2, 0.25) is 5.91 Å². The first-order valence-electron chi connectivity index (χ1n) is 6.79. The second-order valence-corrected chi connectivity index (χ2v) is 6.36. The zero-order valence-corrected chi connectivity index (χ0v) is 11.5. The van der Waals surface area contributed by atoms with E-state index in [2.05, 4.69) is 16.9 Å². The van der Waals surface area contributed by atoms with Gasteiger partial charge in [-0.15, -0.1) is 0 Å². The number of carbonyl (C=O) groups is 1. The first-order valence-corrected chi connectivity index (χ1v) is 8.19. The van der Waals surface area contributed by atoms with Crippen LogP contribution in [0.3, 0.4) is 0 Å². The molecule has 1 amide bonds. The van der Waals surface area contributed by atoms with E-state index in [1.54, 1.807) is 0 Å². The third-order valence-electron chi connectivity index (χ3n) is 3.89. The molecule has 0 aromatic rings. The quantitative estimate of drug-likeness (QED) is 0.712. The highest BCUT2D eigenvalue weighted by Gasteiger charge is 2.33. The lowest BCUT2D eigenvalue weighted by Gasteiger charge is -2.28. The summed E-state index contributed by atoms with van der Waals surface area (Å²) in [6.07, 6.45) is 8.97. The summed E-state index contributed by atoms with van der Waals surface area (Å²) in [7, 11) is 0. The summed E-state index contributed by atoms with van der Waals surface area (Å²) in [5.41, 5.74) is 0. The molecule has 98 valence electrons. The molecule has 2 saturated heterocycles. The van der Waals surface area contributed by atoms with E-state index in [0.29, 0.717) is 18.0 Å². The Morgan fingerprint density at radius 1 is 1.35 bits per heavy atom. The second kappa shape index (κ2) is 6.64. The fourth-order valence-electron chi connectivity index (χ4n) is 3.12. The highest BCUT2D eigenvalue weighted by Crippen LogP contribution is 2.32. The third kappa shape index (κ3) is 4.18. The van der Waals surface area contributed by atoms with Gasteiger partial charge in [-0.25, -0.2) is 0 Å². The van der Waals surface area contributed by atoms with Crippen LogP contribution < -0.4 is 10.6 Å². The standard InChI is InChI=1S/C13H24N2OS/c1-17-6-2-5-14-13(16)9-10-7-11-3-4-12(8-10)15-11/h10-12,15H,2-9H2,1H3,(H,14,16). The molecule has 0 aromatic carbocycles. The molecule has 0 spiro atoms. The molecule has 2 heterocycles. The summed E-state index contributed by atoms with van der Waals surface area (Å²) >= 11 is 1.84. The van der Waals surface area contributed by atoms with Crippen LogP contribution in [-0.2, 0) is 4.79 Å². The fourth-order valence-corrected chi connectivity index (χ4v) is 3.55. The maximum atomic E-state index is 11.8. The van der Waals surface area contributed by atoms with Crippen LogP contribution in [0, 0.1) is 5.92 Å². The van der Waals surface area contributed by atoms with Crippen molar-refractivity contribution >= 4 is 17.7 Å². The predicted molar refractivity (Wildman–Crippen MR) is 73.3 cm³/mol. The maximum absolute atomic E-state index is 11.8. The Bertz CT molecular complexity index is 248. The Morgan fingerprint density at radius 2 is 2.06 bits per heavy atom. The van der Waals surface area contributed by atoms with Gasteiger partial charge in [-0.2, -0.15) is 11.8 Å². The van der Waals surface area contributed by atoms with Gasteiger partial charge in [0.05, 0.1) is 0 Å². The normalized spacial score (nSPS) is 31.5. The van der Waals surface area contributed by atoms with E-state index in [-0.39, 0.29) is 5.91 Å². The second-order valence-electron chi connectivity index (χ2n) is 5.38. The number of hydrogen-bond acceptors (Lipinski definition) is 3. The van der Waals surface area contributed by atoms with Crippen molar-refractivity contribution in [2.75, 3.05) is 18.6 Å². The summed E-state index contributed by atoms with van der Waals surface area (Å²) in [5, 5.41) is 6.66. The van der Waals surface area contributed by atoms with Crippen LogP contribution in [0.4, 0.5) is 0 Å². The predicted octanol–water partition coefficient (Wildman–Crippen LogP) is 1.78. The van der Waals surface area contributed by atoms with Gasteiger partial charge in [-0.05, 0) is 50.0 Å². The van der Waals surface area contributed by atoms with Gasteiger partial charge in [0, 0.05) is 25.0 Å². The van der Waals surface area contributed by atoms with Crippen molar-refractivity contribution in [1.29, 1.82) is 0 Å². The molecule has 17 heavy (non-hydrogen) atoms. The Labute approximate surface area is 108 Å². The molecule has 2 aliphatic rings. The number of nitrogens with one attached hydrogen (secondary N) is 2. The number of amides is 1. The lowest BCUT2D eigenvalue weighted by Crippen LogP contribution is -2.39. The molecule has 4 heteroatoms. The zero-order valence-electron chi connectivity index (χ0n) is 10.7. The lowest BCUT2D eigenvalue weighted by molar-refractivity contribution is -0.122. The molecule has 0 aromatic heterocycles. The molecule has 3 nitrogen and oxygen atoms in total. The van der Waals surface area contributed by atoms with E-state index in [1.165, 1.54) is 25.7 Å². The highest BCUT2D eigenvalue weighted by atomic mass is 32.2. The first kappa shape index (κ1) is 13.2. The van der Waals surface area contributed by atoms with Crippen LogP contribution in [-0.4, -0.2) is 36.5 Å². The summed E-state index contributed by atoms with van der Waals surface area (Å²) in [6, 6.07) is 1.39. The van der Waals surface area contributed by atoms with Gasteiger partial charge in [-0.3, -0.25) is 4.79 Å². The summed E-state index contributed by atoms with van der Waals surface area (Å²) < 4.78 is 0. The van der Waals surface area contributed by atoms with Crippen LogP contribution in [0.1, 0.15) is 38.5 Å². The van der Waals surface area contributed by atoms with Crippen LogP contribution >= 0.6 is 11.8 Å². The maximum Gasteiger partial charge on any atom is 0.220 e. The van der Waals surface area contributed by atoms with Crippen molar-refractivity contribution in [2.45, 2.75) is 50.6 Å². The van der Waals surface area contributed by atoms with Crippen molar-refractivity contribution in [2.24, 2.45) is 5.92 Å². The van der Waals surface area contributed by atoms with Gasteiger partial charge in [0.1, 0.15) is 0 Å². The molecule has 2 N–H and O–H groups in total. The van der Waals surface area contributed by atoms with Gasteiger partial charge in [0.25, 0.3) is 0 Å². The minimum absolute atomic E-state index is 0.261. The molecule has 2 atom stereocenters. The summed E-state index contributed by atoms with van der Waals surface area (Å²) in [4.78, 5) is 11.8. The number of fused-ring (bicyclic) bond motifs is 2. The van der Waals surface area contributed by atoms with Crippen LogP contribution in [0.5, 0.6) is 0 Å². The highest BCUT2D eigenvalue weighted by molar-refractivity contribution is 7.98. The summed E-state index contributed by atoms with van der Waals surface area (Å²) in [6.45, 7) is 0.845. The number of carbonyl (C=O) groups excluding carboxylic acids is 1. The minimum Gasteiger partial charge on any atom is -0.356 e. The number of thioether (sulfide) groups is 1. The molecule has 0 radical (unpaired) electrons. The lowest BCUT2D eigenvalue weighted by atomic mass is 9.89. The average molecular weight is 256 g/mol. The largest absolute Gasteiger partial charge is 0.356 e. The molecule has 2 bridgehead atoms. The molecular formula is C13H24N2OS. The van der Waals surface area contributed by atoms with Crippen molar-refractivity contribution in [3.63, 3.8) is 0 Å². The SMILES string of the molecule is CSCCCNC(=O)CC1CC2CCC(C1)N2. The number of hydrogen-bond donors (Lipinski definition) is 2. The molecule has 2 rings (SSSR count). The van der Waals surface area contributed by atoms with E-state index in [4.69, 9.17) is 0 Å². The molecule has 0 aliphatic carbocycles. The molecular weight excluding hydrogens is 232 g/mol. The van der Waals surface area contributed by atoms with Crippen molar-refractivity contribution in [3.05, 3.63) is 0 Å². The van der Waals surface area contributed by atoms with E-state index in [9.17, 15) is 4.79 Å². The van der Waals surface area contributed by atoms with E-state index in [0.717, 1.165) is 25.1 Å². The zero-order chi connectivity index (χ0) is 12.1. The Morgan fingerprint density at radius 3 is 2.71 bits per heavy atom. The molecule has 0 saturated carbocycles. The smallest absolute Gasteiger partial charge is 0.220 e. The van der Waals surface area contributed by atoms with Gasteiger partial charge in [0.15, 0.2) is 0 Å². The van der Waals surface area contributed by atoms with E-state index < -0.39 is 0 Å². The summed E-state index contributed by atoms with van der Waals surface area (Å²) in [5.74, 6) is 2.02. The number of piperidine rings is 1. The molecule has 2 aliphatic heterocycles.